The summed E-state index contributed by atoms with van der Waals surface area (Å²) in [6.45, 7) is 3.87. The third kappa shape index (κ3) is 2.68. The predicted molar refractivity (Wildman–Crippen MR) is 69.0 cm³/mol. The summed E-state index contributed by atoms with van der Waals surface area (Å²) < 4.78 is 0. The van der Waals surface area contributed by atoms with E-state index >= 15 is 0 Å². The van der Waals surface area contributed by atoms with Crippen LogP contribution in [0.1, 0.15) is 25.0 Å². The summed E-state index contributed by atoms with van der Waals surface area (Å²) in [6.07, 6.45) is 2.55. The molecule has 1 unspecified atom stereocenters. The quantitative estimate of drug-likeness (QED) is 0.856. The van der Waals surface area contributed by atoms with Gasteiger partial charge in [0, 0.05) is 30.6 Å². The van der Waals surface area contributed by atoms with Crippen molar-refractivity contribution in [3.05, 3.63) is 23.9 Å². The minimum Gasteiger partial charge on any atom is -0.389 e. The van der Waals surface area contributed by atoms with Gasteiger partial charge in [-0.1, -0.05) is 6.07 Å². The summed E-state index contributed by atoms with van der Waals surface area (Å²) >= 11 is 2.00. The number of nitrogens with zero attached hydrogens (tertiary/aromatic N) is 2. The molecule has 3 nitrogen and oxygen atoms in total. The first kappa shape index (κ1) is 11.7. The molecule has 1 aromatic heterocycles. The smallest absolute Gasteiger partial charge is 0.134 e. The van der Waals surface area contributed by atoms with Gasteiger partial charge in [-0.05, 0) is 25.2 Å². The average molecular weight is 238 g/mol. The first-order chi connectivity index (χ1) is 7.79. The van der Waals surface area contributed by atoms with Crippen molar-refractivity contribution in [3.63, 3.8) is 0 Å². The molecule has 1 N–H and O–H groups in total. The molecule has 2 heterocycles. The van der Waals surface area contributed by atoms with Crippen LogP contribution >= 0.6 is 11.8 Å². The van der Waals surface area contributed by atoms with Crippen LogP contribution in [0.4, 0.5) is 5.82 Å². The number of anilines is 1. The van der Waals surface area contributed by atoms with E-state index in [1.54, 1.807) is 13.1 Å². The molecule has 0 saturated carbocycles. The van der Waals surface area contributed by atoms with E-state index in [1.807, 2.05) is 23.9 Å². The van der Waals surface area contributed by atoms with Gasteiger partial charge in [-0.25, -0.2) is 4.98 Å². The molecular weight excluding hydrogens is 220 g/mol. The van der Waals surface area contributed by atoms with Crippen LogP contribution in [0.5, 0.6) is 0 Å². The first-order valence-electron chi connectivity index (χ1n) is 5.74. The zero-order valence-corrected chi connectivity index (χ0v) is 10.4. The van der Waals surface area contributed by atoms with E-state index in [0.717, 1.165) is 30.2 Å². The van der Waals surface area contributed by atoms with E-state index in [2.05, 4.69) is 9.88 Å². The van der Waals surface area contributed by atoms with Crippen molar-refractivity contribution in [2.24, 2.45) is 0 Å². The second-order valence-electron chi connectivity index (χ2n) is 4.05. The molecule has 16 heavy (non-hydrogen) atoms. The van der Waals surface area contributed by atoms with Gasteiger partial charge in [-0.2, -0.15) is 11.8 Å². The Labute approximate surface area is 101 Å². The van der Waals surface area contributed by atoms with E-state index in [1.165, 1.54) is 12.2 Å². The number of hydrogen-bond acceptors (Lipinski definition) is 4. The largest absolute Gasteiger partial charge is 0.389 e. The highest BCUT2D eigenvalue weighted by Crippen LogP contribution is 2.25. The van der Waals surface area contributed by atoms with E-state index < -0.39 is 6.10 Å². The lowest BCUT2D eigenvalue weighted by atomic mass is 10.1. The highest BCUT2D eigenvalue weighted by atomic mass is 32.2. The maximum atomic E-state index is 9.73. The van der Waals surface area contributed by atoms with Gasteiger partial charge in [0.15, 0.2) is 0 Å². The van der Waals surface area contributed by atoms with Crippen molar-refractivity contribution >= 4 is 17.6 Å². The van der Waals surface area contributed by atoms with Gasteiger partial charge in [-0.3, -0.25) is 0 Å². The third-order valence-corrected chi connectivity index (χ3v) is 3.84. The van der Waals surface area contributed by atoms with E-state index in [0.29, 0.717) is 0 Å². The molecule has 0 aliphatic carbocycles. The zero-order chi connectivity index (χ0) is 11.4. The Morgan fingerprint density at radius 2 is 2.31 bits per heavy atom. The molecule has 0 aromatic carbocycles. The zero-order valence-electron chi connectivity index (χ0n) is 9.59. The molecule has 1 atom stereocenters. The molecular formula is C12H18N2OS. The molecule has 0 amide bonds. The molecule has 1 saturated heterocycles. The van der Waals surface area contributed by atoms with Gasteiger partial charge in [0.2, 0.25) is 0 Å². The molecule has 1 aromatic rings. The van der Waals surface area contributed by atoms with E-state index in [-0.39, 0.29) is 0 Å². The van der Waals surface area contributed by atoms with Crippen LogP contribution in [0.25, 0.3) is 0 Å². The van der Waals surface area contributed by atoms with Crippen LogP contribution in [0.15, 0.2) is 18.3 Å². The molecule has 4 heteroatoms. The Hall–Kier alpha value is -0.740. The van der Waals surface area contributed by atoms with Gasteiger partial charge in [-0.15, -0.1) is 0 Å². The molecule has 1 aliphatic heterocycles. The number of aliphatic hydroxyl groups excluding tert-OH is 1. The Bertz CT molecular complexity index is 336. The Morgan fingerprint density at radius 1 is 1.44 bits per heavy atom. The van der Waals surface area contributed by atoms with Crippen LogP contribution < -0.4 is 4.90 Å². The number of hydrogen-bond donors (Lipinski definition) is 1. The van der Waals surface area contributed by atoms with Crippen LogP contribution in [-0.4, -0.2) is 34.7 Å². The molecule has 88 valence electrons. The van der Waals surface area contributed by atoms with Gasteiger partial charge in [0.1, 0.15) is 5.82 Å². The Morgan fingerprint density at radius 3 is 3.12 bits per heavy atom. The topological polar surface area (TPSA) is 36.4 Å². The van der Waals surface area contributed by atoms with Gasteiger partial charge in [0.05, 0.1) is 6.10 Å². The lowest BCUT2D eigenvalue weighted by molar-refractivity contribution is 0.199. The number of rotatable bonds is 2. The summed E-state index contributed by atoms with van der Waals surface area (Å²) in [5.41, 5.74) is 0.939. The van der Waals surface area contributed by atoms with Crippen molar-refractivity contribution < 1.29 is 5.11 Å². The van der Waals surface area contributed by atoms with Crippen molar-refractivity contribution in [2.75, 3.05) is 29.5 Å². The molecule has 1 aliphatic rings. The summed E-state index contributed by atoms with van der Waals surface area (Å²) in [5.74, 6) is 3.34. The molecule has 0 bridgehead atoms. The minimum absolute atomic E-state index is 0.445. The Balaban J connectivity index is 2.23. The Kier molecular flexibility index (Phi) is 4.07. The fourth-order valence-electron chi connectivity index (χ4n) is 1.96. The first-order valence-corrected chi connectivity index (χ1v) is 6.90. The minimum atomic E-state index is -0.445. The van der Waals surface area contributed by atoms with Crippen LogP contribution in [-0.2, 0) is 0 Å². The van der Waals surface area contributed by atoms with Crippen LogP contribution in [0.3, 0.4) is 0 Å². The van der Waals surface area contributed by atoms with Crippen molar-refractivity contribution in [1.82, 2.24) is 4.98 Å². The number of thioether (sulfide) groups is 1. The highest BCUT2D eigenvalue weighted by Gasteiger charge is 2.16. The SMILES string of the molecule is CC(O)c1cccnc1N1CCCSCC1. The standard InChI is InChI=1S/C12H18N2OS/c1-10(15)11-4-2-5-13-12(11)14-6-3-8-16-9-7-14/h2,4-5,10,15H,3,6-9H2,1H3. The predicted octanol–water partition coefficient (Wildman–Crippen LogP) is 2.08. The highest BCUT2D eigenvalue weighted by molar-refractivity contribution is 7.99. The average Bonchev–Trinajstić information content (AvgIpc) is 2.57. The van der Waals surface area contributed by atoms with Crippen molar-refractivity contribution in [2.45, 2.75) is 19.4 Å². The number of pyridine rings is 1. The van der Waals surface area contributed by atoms with Crippen LogP contribution in [0.2, 0.25) is 0 Å². The molecule has 2 rings (SSSR count). The molecule has 1 fully saturated rings. The summed E-state index contributed by atoms with van der Waals surface area (Å²) in [6, 6.07) is 3.85. The van der Waals surface area contributed by atoms with E-state index in [9.17, 15) is 5.11 Å². The summed E-state index contributed by atoms with van der Waals surface area (Å²) in [4.78, 5) is 6.72. The van der Waals surface area contributed by atoms with Crippen molar-refractivity contribution in [3.8, 4) is 0 Å². The van der Waals surface area contributed by atoms with E-state index in [4.69, 9.17) is 0 Å². The summed E-state index contributed by atoms with van der Waals surface area (Å²) in [7, 11) is 0. The third-order valence-electron chi connectivity index (χ3n) is 2.79. The lowest BCUT2D eigenvalue weighted by Gasteiger charge is -2.24. The second kappa shape index (κ2) is 5.55. The monoisotopic (exact) mass is 238 g/mol. The maximum Gasteiger partial charge on any atom is 0.134 e. The van der Waals surface area contributed by atoms with Crippen molar-refractivity contribution in [1.29, 1.82) is 0 Å². The molecule has 0 radical (unpaired) electrons. The van der Waals surface area contributed by atoms with Gasteiger partial charge >= 0.3 is 0 Å². The normalized spacial score (nSPS) is 19.2. The number of aliphatic hydroxyl groups is 1. The summed E-state index contributed by atoms with van der Waals surface area (Å²) in [5, 5.41) is 9.73. The second-order valence-corrected chi connectivity index (χ2v) is 5.27. The fourth-order valence-corrected chi connectivity index (χ4v) is 2.84. The maximum absolute atomic E-state index is 9.73. The van der Waals surface area contributed by atoms with Gasteiger partial charge in [0.25, 0.3) is 0 Å². The fraction of sp³-hybridized carbons (Fsp3) is 0.583. The number of aromatic nitrogens is 1. The molecule has 0 spiro atoms. The van der Waals surface area contributed by atoms with Gasteiger partial charge < -0.3 is 10.0 Å². The lowest BCUT2D eigenvalue weighted by Crippen LogP contribution is -2.27. The van der Waals surface area contributed by atoms with Crippen LogP contribution in [0, 0.1) is 0 Å².